The third-order valence-corrected chi connectivity index (χ3v) is 2.81. The van der Waals surface area contributed by atoms with Crippen LogP contribution in [0.1, 0.15) is 27.7 Å². The van der Waals surface area contributed by atoms with E-state index in [-0.39, 0.29) is 18.2 Å². The van der Waals surface area contributed by atoms with Crippen LogP contribution in [0.3, 0.4) is 0 Å². The maximum atomic E-state index is 10.7. The summed E-state index contributed by atoms with van der Waals surface area (Å²) >= 11 is 0. The van der Waals surface area contributed by atoms with Gasteiger partial charge >= 0.3 is 5.97 Å². The quantitative estimate of drug-likeness (QED) is 0.738. The Balaban J connectivity index is 1.98. The van der Waals surface area contributed by atoms with Gasteiger partial charge in [-0.15, -0.1) is 0 Å². The van der Waals surface area contributed by atoms with Crippen molar-refractivity contribution in [2.24, 2.45) is 0 Å². The molecule has 0 bridgehead atoms. The Morgan fingerprint density at radius 1 is 1.32 bits per heavy atom. The molecule has 3 N–H and O–H groups in total. The van der Waals surface area contributed by atoms with Gasteiger partial charge in [-0.05, 0) is 11.6 Å². The molecule has 5 heteroatoms. The first-order valence-corrected chi connectivity index (χ1v) is 5.90. The number of furan rings is 1. The predicted octanol–water partition coefficient (Wildman–Crippen LogP) is 1.80. The molecule has 0 fully saturated rings. The van der Waals surface area contributed by atoms with Crippen LogP contribution in [0, 0.1) is 0 Å². The van der Waals surface area contributed by atoms with E-state index in [0.717, 1.165) is 5.56 Å². The smallest absolute Gasteiger partial charge is 0.338 e. The van der Waals surface area contributed by atoms with Crippen molar-refractivity contribution in [2.75, 3.05) is 6.61 Å². The van der Waals surface area contributed by atoms with Gasteiger partial charge in [-0.1, -0.05) is 30.3 Å². The molecule has 5 nitrogen and oxygen atoms in total. The fourth-order valence-corrected chi connectivity index (χ4v) is 1.78. The molecule has 0 radical (unpaired) electrons. The number of aliphatic hydroxyl groups excluding tert-OH is 1. The summed E-state index contributed by atoms with van der Waals surface area (Å²) < 4.78 is 5.13. The Hall–Kier alpha value is -2.11. The third kappa shape index (κ3) is 3.43. The highest BCUT2D eigenvalue weighted by Crippen LogP contribution is 2.14. The number of benzene rings is 1. The summed E-state index contributed by atoms with van der Waals surface area (Å²) in [7, 11) is 0. The van der Waals surface area contributed by atoms with E-state index in [0.29, 0.717) is 12.3 Å². The fraction of sp³-hybridized carbons (Fsp3) is 0.214. The average Bonchev–Trinajstić information content (AvgIpc) is 2.90. The number of carbonyl (C=O) groups is 1. The van der Waals surface area contributed by atoms with Gasteiger partial charge in [0.2, 0.25) is 0 Å². The predicted molar refractivity (Wildman–Crippen MR) is 68.8 cm³/mol. The van der Waals surface area contributed by atoms with Crippen molar-refractivity contribution in [2.45, 2.75) is 12.6 Å². The number of carboxylic acids is 1. The van der Waals surface area contributed by atoms with E-state index in [4.69, 9.17) is 9.52 Å². The number of carboxylic acid groups (broad SMARTS) is 1. The summed E-state index contributed by atoms with van der Waals surface area (Å²) in [6.07, 6.45) is 1.20. The van der Waals surface area contributed by atoms with E-state index in [9.17, 15) is 9.90 Å². The van der Waals surface area contributed by atoms with Crippen LogP contribution in [0.2, 0.25) is 0 Å². The molecule has 0 unspecified atom stereocenters. The zero-order chi connectivity index (χ0) is 13.7. The summed E-state index contributed by atoms with van der Waals surface area (Å²) in [6.45, 7) is 0.309. The number of hydrogen-bond donors (Lipinski definition) is 3. The lowest BCUT2D eigenvalue weighted by Gasteiger charge is -2.15. The summed E-state index contributed by atoms with van der Waals surface area (Å²) in [5.41, 5.74) is 1.09. The van der Waals surface area contributed by atoms with Crippen LogP contribution in [0.4, 0.5) is 0 Å². The molecule has 0 aliphatic heterocycles. The van der Waals surface area contributed by atoms with Crippen molar-refractivity contribution in [3.8, 4) is 0 Å². The lowest BCUT2D eigenvalue weighted by atomic mass is 10.1. The van der Waals surface area contributed by atoms with E-state index in [2.05, 4.69) is 5.32 Å². The number of nitrogens with one attached hydrogen (secondary N) is 1. The molecule has 100 valence electrons. The van der Waals surface area contributed by atoms with E-state index in [1.807, 2.05) is 30.3 Å². The first kappa shape index (κ1) is 13.3. The average molecular weight is 261 g/mol. The zero-order valence-electron chi connectivity index (χ0n) is 10.2. The summed E-state index contributed by atoms with van der Waals surface area (Å²) in [5.74, 6) is -0.497. The molecule has 0 spiro atoms. The Morgan fingerprint density at radius 2 is 2.05 bits per heavy atom. The Kier molecular flexibility index (Phi) is 4.33. The third-order valence-electron chi connectivity index (χ3n) is 2.81. The van der Waals surface area contributed by atoms with Gasteiger partial charge in [0.25, 0.3) is 0 Å². The lowest BCUT2D eigenvalue weighted by Crippen LogP contribution is -2.23. The first-order valence-electron chi connectivity index (χ1n) is 5.90. The second-order valence-corrected chi connectivity index (χ2v) is 4.13. The molecule has 1 aromatic heterocycles. The van der Waals surface area contributed by atoms with Crippen LogP contribution in [-0.2, 0) is 6.54 Å². The molecule has 0 aliphatic rings. The van der Waals surface area contributed by atoms with Gasteiger partial charge in [-0.2, -0.15) is 0 Å². The topological polar surface area (TPSA) is 82.7 Å². The Bertz CT molecular complexity index is 535. The van der Waals surface area contributed by atoms with Crippen LogP contribution < -0.4 is 5.32 Å². The van der Waals surface area contributed by atoms with Gasteiger partial charge in [0, 0.05) is 0 Å². The molecule has 0 aliphatic carbocycles. The van der Waals surface area contributed by atoms with Gasteiger partial charge in [-0.3, -0.25) is 0 Å². The van der Waals surface area contributed by atoms with Gasteiger partial charge in [0.15, 0.2) is 0 Å². The number of hydrogen-bond acceptors (Lipinski definition) is 4. The van der Waals surface area contributed by atoms with Crippen molar-refractivity contribution in [3.05, 3.63) is 59.5 Å². The normalized spacial score (nSPS) is 12.3. The molecule has 1 atom stereocenters. The van der Waals surface area contributed by atoms with Crippen molar-refractivity contribution >= 4 is 5.97 Å². The largest absolute Gasteiger partial charge is 0.478 e. The van der Waals surface area contributed by atoms with Crippen LogP contribution in [0.25, 0.3) is 0 Å². The van der Waals surface area contributed by atoms with E-state index in [1.54, 1.807) is 0 Å². The molecule has 0 amide bonds. The van der Waals surface area contributed by atoms with Crippen molar-refractivity contribution in [3.63, 3.8) is 0 Å². The molecule has 1 heterocycles. The zero-order valence-corrected chi connectivity index (χ0v) is 10.2. The van der Waals surface area contributed by atoms with Gasteiger partial charge in [0.1, 0.15) is 12.0 Å². The summed E-state index contributed by atoms with van der Waals surface area (Å²) in [6, 6.07) is 10.8. The standard InChI is InChI=1S/C14H15NO4/c16-8-13(10-4-2-1-3-5-10)15-7-12-6-11(9-19-12)14(17)18/h1-6,9,13,15-16H,7-8H2,(H,17,18)/t13-/m1/s1. The maximum Gasteiger partial charge on any atom is 0.338 e. The number of aromatic carboxylic acids is 1. The SMILES string of the molecule is O=C(O)c1coc(CN[C@H](CO)c2ccccc2)c1. The maximum absolute atomic E-state index is 10.7. The highest BCUT2D eigenvalue weighted by molar-refractivity contribution is 5.87. The minimum absolute atomic E-state index is 0.0451. The highest BCUT2D eigenvalue weighted by atomic mass is 16.4. The Morgan fingerprint density at radius 3 is 2.63 bits per heavy atom. The number of rotatable bonds is 6. The van der Waals surface area contributed by atoms with Crippen LogP contribution in [-0.4, -0.2) is 22.8 Å². The van der Waals surface area contributed by atoms with Crippen LogP contribution in [0.5, 0.6) is 0 Å². The summed E-state index contributed by atoms with van der Waals surface area (Å²) in [5, 5.41) is 21.3. The second-order valence-electron chi connectivity index (χ2n) is 4.13. The van der Waals surface area contributed by atoms with Gasteiger partial charge in [0.05, 0.1) is 24.8 Å². The van der Waals surface area contributed by atoms with Crippen LogP contribution in [0.15, 0.2) is 47.1 Å². The van der Waals surface area contributed by atoms with E-state index in [1.165, 1.54) is 12.3 Å². The van der Waals surface area contributed by atoms with Crippen LogP contribution >= 0.6 is 0 Å². The van der Waals surface area contributed by atoms with Crippen molar-refractivity contribution in [1.29, 1.82) is 0 Å². The second kappa shape index (κ2) is 6.17. The van der Waals surface area contributed by atoms with Crippen molar-refractivity contribution in [1.82, 2.24) is 5.32 Å². The van der Waals surface area contributed by atoms with Gasteiger partial charge in [-0.25, -0.2) is 4.79 Å². The minimum Gasteiger partial charge on any atom is -0.478 e. The molecular weight excluding hydrogens is 246 g/mol. The minimum atomic E-state index is -1.02. The molecule has 2 rings (SSSR count). The highest BCUT2D eigenvalue weighted by Gasteiger charge is 2.12. The molecule has 1 aromatic carbocycles. The van der Waals surface area contributed by atoms with Crippen molar-refractivity contribution < 1.29 is 19.4 Å². The monoisotopic (exact) mass is 261 g/mol. The van der Waals surface area contributed by atoms with Gasteiger partial charge < -0.3 is 19.9 Å². The molecule has 19 heavy (non-hydrogen) atoms. The fourth-order valence-electron chi connectivity index (χ4n) is 1.78. The summed E-state index contributed by atoms with van der Waals surface area (Å²) in [4.78, 5) is 10.7. The molecule has 0 saturated carbocycles. The van der Waals surface area contributed by atoms with E-state index >= 15 is 0 Å². The lowest BCUT2D eigenvalue weighted by molar-refractivity contribution is 0.0696. The number of aliphatic hydroxyl groups is 1. The first-order chi connectivity index (χ1) is 9.20. The van der Waals surface area contributed by atoms with E-state index < -0.39 is 5.97 Å². The Labute approximate surface area is 110 Å². The molecular formula is C14H15NO4. The molecule has 0 saturated heterocycles. The molecule has 2 aromatic rings.